The zero-order valence-corrected chi connectivity index (χ0v) is 27.6. The summed E-state index contributed by atoms with van der Waals surface area (Å²) in [7, 11) is 0. The highest BCUT2D eigenvalue weighted by Crippen LogP contribution is 2.28. The maximum absolute atomic E-state index is 14.0. The molecule has 6 rings (SSSR count). The minimum absolute atomic E-state index is 0.0651. The second-order valence-corrected chi connectivity index (χ2v) is 13.9. The van der Waals surface area contributed by atoms with E-state index in [4.69, 9.17) is 17.3 Å². The molecule has 45 heavy (non-hydrogen) atoms. The van der Waals surface area contributed by atoms with Crippen molar-refractivity contribution < 1.29 is 14.4 Å². The zero-order chi connectivity index (χ0) is 31.5. The largest absolute Gasteiger partial charge is 0.397 e. The fourth-order valence-electron chi connectivity index (χ4n) is 7.21. The van der Waals surface area contributed by atoms with E-state index in [1.165, 1.54) is 5.56 Å². The fourth-order valence-corrected chi connectivity index (χ4v) is 8.32. The standard InChI is InChI=1S/C32H45ClN8O3S/c1-21-16-22(17-26(33)29(21)34)18-27(30(42)39-14-12-38(13-15-39)24-2-7-35-8-3-24)36-31(43)40-9-5-25(6-10-40)41-11-4-23-19-45-20-28(23)37-32(41)44/h16-17,19-20,24-25,27,35H,2-15,18,34H2,1H3,(H,36,43)(H,37,44)/t27-/m1/s1. The van der Waals surface area contributed by atoms with Gasteiger partial charge in [0.05, 0.1) is 16.4 Å². The summed E-state index contributed by atoms with van der Waals surface area (Å²) in [5.74, 6) is -0.0673. The summed E-state index contributed by atoms with van der Waals surface area (Å²) in [4.78, 5) is 48.7. The lowest BCUT2D eigenvalue weighted by Gasteiger charge is -2.42. The van der Waals surface area contributed by atoms with Gasteiger partial charge >= 0.3 is 12.1 Å². The Morgan fingerprint density at radius 1 is 1.00 bits per heavy atom. The van der Waals surface area contributed by atoms with Crippen LogP contribution in [0.2, 0.25) is 5.02 Å². The summed E-state index contributed by atoms with van der Waals surface area (Å²) < 4.78 is 0. The molecule has 3 saturated heterocycles. The number of fused-ring (bicyclic) bond motifs is 1. The number of nitrogens with one attached hydrogen (secondary N) is 3. The van der Waals surface area contributed by atoms with Gasteiger partial charge in [-0.3, -0.25) is 9.69 Å². The van der Waals surface area contributed by atoms with E-state index in [9.17, 15) is 14.4 Å². The number of rotatable bonds is 6. The molecule has 1 atom stereocenters. The molecule has 0 aliphatic carbocycles. The van der Waals surface area contributed by atoms with Gasteiger partial charge < -0.3 is 36.4 Å². The Kier molecular flexibility index (Phi) is 10.0. The summed E-state index contributed by atoms with van der Waals surface area (Å²) in [5.41, 5.74) is 10.4. The van der Waals surface area contributed by atoms with Gasteiger partial charge in [0.1, 0.15) is 6.04 Å². The van der Waals surface area contributed by atoms with Crippen LogP contribution in [0.3, 0.4) is 0 Å². The number of hydrogen-bond donors (Lipinski definition) is 4. The Labute approximate surface area is 274 Å². The molecule has 4 aliphatic heterocycles. The van der Waals surface area contributed by atoms with Crippen molar-refractivity contribution in [2.75, 3.05) is 70.0 Å². The minimum atomic E-state index is -0.727. The molecule has 4 aliphatic rings. The Morgan fingerprint density at radius 3 is 2.44 bits per heavy atom. The van der Waals surface area contributed by atoms with Crippen molar-refractivity contribution in [2.24, 2.45) is 0 Å². The summed E-state index contributed by atoms with van der Waals surface area (Å²) >= 11 is 8.01. The van der Waals surface area contributed by atoms with Crippen LogP contribution in [0, 0.1) is 6.92 Å². The first kappa shape index (κ1) is 31.9. The van der Waals surface area contributed by atoms with Crippen LogP contribution in [0.15, 0.2) is 22.9 Å². The molecular formula is C32H45ClN8O3S. The number of hydrogen-bond acceptors (Lipinski definition) is 7. The Bertz CT molecular complexity index is 1360. The van der Waals surface area contributed by atoms with Crippen LogP contribution in [-0.2, 0) is 17.6 Å². The number of carbonyl (C=O) groups is 3. The monoisotopic (exact) mass is 656 g/mol. The van der Waals surface area contributed by atoms with Gasteiger partial charge in [0.25, 0.3) is 0 Å². The van der Waals surface area contributed by atoms with Crippen LogP contribution >= 0.6 is 22.9 Å². The Hall–Kier alpha value is -3.06. The lowest BCUT2D eigenvalue weighted by Crippen LogP contribution is -2.59. The Balaban J connectivity index is 1.09. The van der Waals surface area contributed by atoms with Gasteiger partial charge in [-0.2, -0.15) is 0 Å². The third kappa shape index (κ3) is 7.34. The number of likely N-dealkylation sites (tertiary alicyclic amines) is 1. The SMILES string of the molecule is Cc1cc(C[C@@H](NC(=O)N2CCC(N3CCc4cscc4NC3=O)CC2)C(=O)N2CCN(C3CCNCC3)CC2)cc(Cl)c1N. The highest BCUT2D eigenvalue weighted by molar-refractivity contribution is 7.08. The van der Waals surface area contributed by atoms with Gasteiger partial charge in [-0.25, -0.2) is 9.59 Å². The predicted molar refractivity (Wildman–Crippen MR) is 179 cm³/mol. The third-order valence-electron chi connectivity index (χ3n) is 9.94. The number of carbonyl (C=O) groups excluding carboxylic acids is 3. The summed E-state index contributed by atoms with van der Waals surface area (Å²) in [6.07, 6.45) is 4.81. The number of piperazine rings is 1. The highest BCUT2D eigenvalue weighted by Gasteiger charge is 2.35. The summed E-state index contributed by atoms with van der Waals surface area (Å²) in [6.45, 7) is 8.65. The lowest BCUT2D eigenvalue weighted by atomic mass is 10.0. The van der Waals surface area contributed by atoms with E-state index < -0.39 is 6.04 Å². The van der Waals surface area contributed by atoms with Crippen LogP contribution < -0.4 is 21.7 Å². The number of nitrogens with zero attached hydrogens (tertiary/aromatic N) is 4. The molecule has 5 amide bonds. The van der Waals surface area contributed by atoms with E-state index in [0.29, 0.717) is 68.7 Å². The molecule has 244 valence electrons. The quantitative estimate of drug-likeness (QED) is 0.354. The molecule has 0 spiro atoms. The van der Waals surface area contributed by atoms with Gasteiger partial charge in [-0.15, -0.1) is 11.3 Å². The van der Waals surface area contributed by atoms with Gasteiger partial charge in [0.2, 0.25) is 5.91 Å². The maximum Gasteiger partial charge on any atom is 0.322 e. The van der Waals surface area contributed by atoms with Crippen LogP contribution in [-0.4, -0.2) is 115 Å². The van der Waals surface area contributed by atoms with E-state index in [1.54, 1.807) is 22.3 Å². The molecule has 1 aromatic heterocycles. The molecule has 2 aromatic rings. The molecule has 5 heterocycles. The number of amides is 5. The summed E-state index contributed by atoms with van der Waals surface area (Å²) in [5, 5.41) is 14.1. The van der Waals surface area contributed by atoms with E-state index in [1.807, 2.05) is 28.2 Å². The highest BCUT2D eigenvalue weighted by atomic mass is 35.5. The topological polar surface area (TPSA) is 126 Å². The predicted octanol–water partition coefficient (Wildman–Crippen LogP) is 3.36. The van der Waals surface area contributed by atoms with Crippen molar-refractivity contribution in [3.8, 4) is 0 Å². The summed E-state index contributed by atoms with van der Waals surface area (Å²) in [6, 6.07) is 3.32. The smallest absolute Gasteiger partial charge is 0.322 e. The molecule has 0 unspecified atom stereocenters. The number of anilines is 2. The Morgan fingerprint density at radius 2 is 1.73 bits per heavy atom. The number of thiophene rings is 1. The van der Waals surface area contributed by atoms with Crippen molar-refractivity contribution in [3.05, 3.63) is 44.6 Å². The van der Waals surface area contributed by atoms with Crippen LogP contribution in [0.1, 0.15) is 42.4 Å². The van der Waals surface area contributed by atoms with Gasteiger partial charge in [0.15, 0.2) is 0 Å². The molecular weight excluding hydrogens is 612 g/mol. The maximum atomic E-state index is 14.0. The van der Waals surface area contributed by atoms with E-state index in [2.05, 4.69) is 26.2 Å². The first-order valence-electron chi connectivity index (χ1n) is 16.2. The first-order valence-corrected chi connectivity index (χ1v) is 17.5. The van der Waals surface area contributed by atoms with Gasteiger partial charge in [-0.05, 0) is 80.3 Å². The fraction of sp³-hybridized carbons (Fsp3) is 0.594. The molecule has 0 bridgehead atoms. The van der Waals surface area contributed by atoms with Gasteiger partial charge in [-0.1, -0.05) is 17.7 Å². The molecule has 5 N–H and O–H groups in total. The normalized spacial score (nSPS) is 21.2. The van der Waals surface area contributed by atoms with Crippen LogP contribution in [0.4, 0.5) is 21.0 Å². The number of piperidine rings is 2. The molecule has 11 nitrogen and oxygen atoms in total. The van der Waals surface area contributed by atoms with Gasteiger partial charge in [0, 0.05) is 69.7 Å². The second kappa shape index (κ2) is 14.1. The third-order valence-corrected chi connectivity index (χ3v) is 11.0. The van der Waals surface area contributed by atoms with Crippen LogP contribution in [0.25, 0.3) is 0 Å². The molecule has 3 fully saturated rings. The minimum Gasteiger partial charge on any atom is -0.397 e. The molecule has 13 heteroatoms. The molecule has 1 aromatic carbocycles. The van der Waals surface area contributed by atoms with E-state index >= 15 is 0 Å². The molecule has 0 radical (unpaired) electrons. The van der Waals surface area contributed by atoms with Crippen molar-refractivity contribution in [1.82, 2.24) is 30.2 Å². The number of halogens is 1. The average Bonchev–Trinajstić information content (AvgIpc) is 3.43. The van der Waals surface area contributed by atoms with Crippen molar-refractivity contribution >= 4 is 52.3 Å². The number of nitrogen functional groups attached to an aromatic ring is 1. The first-order chi connectivity index (χ1) is 21.8. The van der Waals surface area contributed by atoms with Crippen LogP contribution in [0.5, 0.6) is 0 Å². The van der Waals surface area contributed by atoms with E-state index in [0.717, 1.165) is 62.3 Å². The molecule has 0 saturated carbocycles. The number of aryl methyl sites for hydroxylation is 1. The van der Waals surface area contributed by atoms with Crippen molar-refractivity contribution in [3.63, 3.8) is 0 Å². The number of urea groups is 2. The van der Waals surface area contributed by atoms with Crippen molar-refractivity contribution in [2.45, 2.75) is 63.6 Å². The van der Waals surface area contributed by atoms with E-state index in [-0.39, 0.29) is 24.0 Å². The average molecular weight is 657 g/mol. The number of nitrogens with two attached hydrogens (primary N) is 1. The second-order valence-electron chi connectivity index (χ2n) is 12.8. The lowest BCUT2D eigenvalue weighted by molar-refractivity contribution is -0.135. The zero-order valence-electron chi connectivity index (χ0n) is 26.0. The van der Waals surface area contributed by atoms with Crippen molar-refractivity contribution in [1.29, 1.82) is 0 Å². The number of benzene rings is 1.